The van der Waals surface area contributed by atoms with Crippen LogP contribution in [0.2, 0.25) is 0 Å². The van der Waals surface area contributed by atoms with Crippen LogP contribution in [0.4, 0.5) is 14.6 Å². The summed E-state index contributed by atoms with van der Waals surface area (Å²) in [5.41, 5.74) is 2.84. The molecule has 41 heavy (non-hydrogen) atoms. The fourth-order valence-corrected chi connectivity index (χ4v) is 8.02. The van der Waals surface area contributed by atoms with Crippen molar-refractivity contribution in [3.8, 4) is 22.9 Å². The molecule has 5 heterocycles. The van der Waals surface area contributed by atoms with Gasteiger partial charge in [-0.2, -0.15) is 9.97 Å². The second kappa shape index (κ2) is 9.63. The van der Waals surface area contributed by atoms with Gasteiger partial charge in [-0.05, 0) is 80.0 Å². The highest BCUT2D eigenvalue weighted by Gasteiger charge is 2.49. The highest BCUT2D eigenvalue weighted by Crippen LogP contribution is 2.42. The molecule has 1 aliphatic carbocycles. The molecule has 0 spiro atoms. The number of rotatable bonds is 5. The van der Waals surface area contributed by atoms with Crippen LogP contribution in [0.25, 0.3) is 28.1 Å². The van der Waals surface area contributed by atoms with Crippen LogP contribution in [-0.2, 0) is 6.42 Å². The van der Waals surface area contributed by atoms with Gasteiger partial charge in [0.2, 0.25) is 0 Å². The van der Waals surface area contributed by atoms with Gasteiger partial charge in [-0.15, -0.1) is 0 Å². The number of piperazine rings is 1. The molecule has 2 bridgehead atoms. The minimum atomic E-state index is -0.856. The number of fused-ring (bicyclic) bond motifs is 5. The molecule has 0 saturated carbocycles. The average Bonchev–Trinajstić information content (AvgIpc) is 3.61. The van der Waals surface area contributed by atoms with Gasteiger partial charge >= 0.3 is 6.01 Å². The number of nitrogens with zero attached hydrogens (tertiary/aromatic N) is 4. The van der Waals surface area contributed by atoms with E-state index in [0.717, 1.165) is 69.3 Å². The number of anilines is 1. The molecule has 4 aliphatic heterocycles. The lowest BCUT2D eigenvalue weighted by molar-refractivity contribution is 0.107. The second-order valence-electron chi connectivity index (χ2n) is 12.6. The number of aryl methyl sites for hydroxylation is 1. The first-order chi connectivity index (χ1) is 20.0. The number of nitrogens with one attached hydrogen (secondary N) is 1. The number of halogens is 2. The third-order valence-corrected chi connectivity index (χ3v) is 9.92. The lowest BCUT2D eigenvalue weighted by Crippen LogP contribution is -2.51. The summed E-state index contributed by atoms with van der Waals surface area (Å²) in [6, 6.07) is 7.98. The zero-order chi connectivity index (χ0) is 27.7. The molecular weight excluding hydrogens is 524 g/mol. The molecule has 5 aliphatic rings. The van der Waals surface area contributed by atoms with Gasteiger partial charge in [-0.25, -0.2) is 8.78 Å². The molecule has 4 fully saturated rings. The minimum absolute atomic E-state index is 0.125. The number of hydrogen-bond acceptors (Lipinski definition) is 7. The van der Waals surface area contributed by atoms with E-state index in [-0.39, 0.29) is 29.4 Å². The largest absolute Gasteiger partial charge is 0.508 e. The zero-order valence-corrected chi connectivity index (χ0v) is 23.1. The van der Waals surface area contributed by atoms with Crippen LogP contribution in [0.5, 0.6) is 11.8 Å². The molecule has 0 unspecified atom stereocenters. The molecule has 7 nitrogen and oxygen atoms in total. The molecule has 4 atom stereocenters. The lowest BCUT2D eigenvalue weighted by Gasteiger charge is -2.34. The zero-order valence-electron chi connectivity index (χ0n) is 23.1. The van der Waals surface area contributed by atoms with Gasteiger partial charge in [0.1, 0.15) is 29.9 Å². The van der Waals surface area contributed by atoms with Gasteiger partial charge in [0.15, 0.2) is 5.82 Å². The van der Waals surface area contributed by atoms with Crippen LogP contribution in [0.15, 0.2) is 30.3 Å². The van der Waals surface area contributed by atoms with E-state index < -0.39 is 12.0 Å². The fraction of sp³-hybridized carbons (Fsp3) is 0.500. The summed E-state index contributed by atoms with van der Waals surface area (Å²) < 4.78 is 37.3. The maximum Gasteiger partial charge on any atom is 0.319 e. The number of allylic oxidation sites excluding steroid dienone is 1. The van der Waals surface area contributed by atoms with Gasteiger partial charge < -0.3 is 20.1 Å². The fourth-order valence-electron chi connectivity index (χ4n) is 8.02. The first kappa shape index (κ1) is 25.4. The molecule has 4 saturated heterocycles. The van der Waals surface area contributed by atoms with Crippen molar-refractivity contribution in [2.24, 2.45) is 0 Å². The van der Waals surface area contributed by atoms with Crippen molar-refractivity contribution in [2.45, 2.75) is 68.7 Å². The first-order valence-corrected chi connectivity index (χ1v) is 15.0. The number of phenolic OH excluding ortho intramolecular Hbond substituents is 1. The maximum absolute atomic E-state index is 16.6. The van der Waals surface area contributed by atoms with Crippen molar-refractivity contribution in [1.82, 2.24) is 20.2 Å². The summed E-state index contributed by atoms with van der Waals surface area (Å²) in [5.74, 6) is 0.355. The van der Waals surface area contributed by atoms with E-state index in [1.54, 1.807) is 18.2 Å². The Morgan fingerprint density at radius 1 is 1.10 bits per heavy atom. The number of alkyl halides is 1. The molecule has 3 aromatic rings. The van der Waals surface area contributed by atoms with Crippen molar-refractivity contribution in [3.63, 3.8) is 0 Å². The summed E-state index contributed by atoms with van der Waals surface area (Å²) in [5, 5.41) is 14.8. The summed E-state index contributed by atoms with van der Waals surface area (Å²) in [6.45, 7) is 3.18. The topological polar surface area (TPSA) is 73.8 Å². The van der Waals surface area contributed by atoms with Gasteiger partial charge in [0, 0.05) is 49.1 Å². The van der Waals surface area contributed by atoms with Crippen molar-refractivity contribution < 1.29 is 18.6 Å². The van der Waals surface area contributed by atoms with E-state index in [4.69, 9.17) is 9.72 Å². The first-order valence-electron chi connectivity index (χ1n) is 15.0. The Morgan fingerprint density at radius 2 is 1.95 bits per heavy atom. The molecule has 0 amide bonds. The third-order valence-electron chi connectivity index (χ3n) is 9.92. The van der Waals surface area contributed by atoms with E-state index in [1.165, 1.54) is 0 Å². The van der Waals surface area contributed by atoms with Gasteiger partial charge in [0.25, 0.3) is 0 Å². The Hall–Kier alpha value is -3.30. The highest BCUT2D eigenvalue weighted by molar-refractivity contribution is 5.95. The highest BCUT2D eigenvalue weighted by atomic mass is 19.1. The standard InChI is InChI=1S/C32H35F2N5O2/c33-20-14-32(10-3-11-39(32)15-20)18-41-31-36-29-26(30(37-31)38-16-21-6-7-22(17-38)35-21)9-8-25(28(29)34)27-13-23(40)12-19-4-1-2-5-24(19)27/h2,5,8-9,12-13,20-22,35,40H,1,3-4,6-7,10-11,14-18H2/t20-,21-,22+,32+/m1/s1. The molecule has 2 N–H and O–H groups in total. The molecule has 214 valence electrons. The molecule has 8 rings (SSSR count). The molecule has 2 aromatic carbocycles. The number of benzene rings is 2. The van der Waals surface area contributed by atoms with Crippen LogP contribution in [0.3, 0.4) is 0 Å². The Labute approximate surface area is 238 Å². The molecule has 0 radical (unpaired) electrons. The van der Waals surface area contributed by atoms with Crippen molar-refractivity contribution >= 4 is 22.8 Å². The Kier molecular flexibility index (Phi) is 5.97. The van der Waals surface area contributed by atoms with E-state index >= 15 is 4.39 Å². The maximum atomic E-state index is 16.6. The number of ether oxygens (including phenoxy) is 1. The van der Waals surface area contributed by atoms with Gasteiger partial charge in [-0.1, -0.05) is 18.2 Å². The summed E-state index contributed by atoms with van der Waals surface area (Å²) in [6.07, 6.45) is 9.51. The number of aromatic hydroxyl groups is 1. The predicted octanol–water partition coefficient (Wildman–Crippen LogP) is 5.00. The summed E-state index contributed by atoms with van der Waals surface area (Å²) >= 11 is 0. The van der Waals surface area contributed by atoms with E-state index in [9.17, 15) is 9.50 Å². The smallest absolute Gasteiger partial charge is 0.319 e. The quantitative estimate of drug-likeness (QED) is 0.456. The number of hydrogen-bond donors (Lipinski definition) is 2. The average molecular weight is 560 g/mol. The van der Waals surface area contributed by atoms with Crippen LogP contribution < -0.4 is 15.0 Å². The Balaban J connectivity index is 1.23. The van der Waals surface area contributed by atoms with Crippen molar-refractivity contribution in [2.75, 3.05) is 37.7 Å². The van der Waals surface area contributed by atoms with E-state index in [2.05, 4.69) is 26.2 Å². The Bertz CT molecular complexity index is 1550. The normalized spacial score (nSPS) is 28.8. The third kappa shape index (κ3) is 4.27. The van der Waals surface area contributed by atoms with Crippen LogP contribution in [-0.4, -0.2) is 76.6 Å². The molecule has 1 aromatic heterocycles. The molecule has 9 heteroatoms. The van der Waals surface area contributed by atoms with Crippen LogP contribution in [0.1, 0.15) is 49.7 Å². The van der Waals surface area contributed by atoms with E-state index in [0.29, 0.717) is 47.4 Å². The SMILES string of the molecule is Oc1cc2c(c(-c3ccc4c(N5C[C@H]6CC[C@@H](C5)N6)nc(OC[C@@]56CCCN5C[C@H](F)C6)nc4c3F)c1)C=CCC2. The van der Waals surface area contributed by atoms with Crippen molar-refractivity contribution in [3.05, 3.63) is 47.3 Å². The molecular formula is C32H35F2N5O2. The van der Waals surface area contributed by atoms with Crippen LogP contribution in [0, 0.1) is 5.82 Å². The Morgan fingerprint density at radius 3 is 2.80 bits per heavy atom. The summed E-state index contributed by atoms with van der Waals surface area (Å²) in [7, 11) is 0. The lowest BCUT2D eigenvalue weighted by atomic mass is 9.89. The van der Waals surface area contributed by atoms with E-state index in [1.807, 2.05) is 12.1 Å². The monoisotopic (exact) mass is 559 g/mol. The predicted molar refractivity (Wildman–Crippen MR) is 155 cm³/mol. The second-order valence-corrected chi connectivity index (χ2v) is 12.6. The number of phenols is 1. The van der Waals surface area contributed by atoms with Crippen LogP contribution >= 0.6 is 0 Å². The van der Waals surface area contributed by atoms with Gasteiger partial charge in [-0.3, -0.25) is 4.90 Å². The van der Waals surface area contributed by atoms with Gasteiger partial charge in [0.05, 0.1) is 5.54 Å². The minimum Gasteiger partial charge on any atom is -0.508 e. The summed E-state index contributed by atoms with van der Waals surface area (Å²) in [4.78, 5) is 14.0. The number of aromatic nitrogens is 2. The van der Waals surface area contributed by atoms with Crippen molar-refractivity contribution in [1.29, 1.82) is 0 Å².